The molecular weight excluding hydrogens is 352 g/mol. The molecule has 2 aromatic heterocycles. The average molecular weight is 378 g/mol. The number of carbonyl (C=O) groups is 1. The molecule has 3 heterocycles. The van der Waals surface area contributed by atoms with E-state index in [2.05, 4.69) is 14.9 Å². The van der Waals surface area contributed by atoms with Crippen LogP contribution in [0.3, 0.4) is 0 Å². The highest BCUT2D eigenvalue weighted by Crippen LogP contribution is 2.36. The number of anilines is 1. The van der Waals surface area contributed by atoms with Crippen molar-refractivity contribution >= 4 is 33.3 Å². The van der Waals surface area contributed by atoms with Gasteiger partial charge in [-0.05, 0) is 45.8 Å². The van der Waals surface area contributed by atoms with Crippen LogP contribution < -0.4 is 4.90 Å². The molecule has 0 saturated carbocycles. The Hall–Kier alpha value is -1.77. The standard InChI is InChI=1S/C18H26N4O3S/c1-12-13-15(19-11-20-16(13)26-14(12)17(23)25-4)22-8-5-6-18(24,7-9-22)10-21(2)3/h11,24H,5-10H2,1-4H3/t18-/m1/s1. The maximum absolute atomic E-state index is 12.0. The number of esters is 1. The molecule has 1 saturated heterocycles. The summed E-state index contributed by atoms with van der Waals surface area (Å²) in [6.45, 7) is 4.12. The van der Waals surface area contributed by atoms with Crippen molar-refractivity contribution in [2.75, 3.05) is 45.7 Å². The fourth-order valence-corrected chi connectivity index (χ4v) is 4.78. The van der Waals surface area contributed by atoms with Gasteiger partial charge in [-0.3, -0.25) is 0 Å². The summed E-state index contributed by atoms with van der Waals surface area (Å²) >= 11 is 1.34. The zero-order valence-electron chi connectivity index (χ0n) is 15.8. The first-order valence-electron chi connectivity index (χ1n) is 8.79. The van der Waals surface area contributed by atoms with Gasteiger partial charge in [0.05, 0.1) is 18.1 Å². The number of fused-ring (bicyclic) bond motifs is 1. The maximum Gasteiger partial charge on any atom is 0.348 e. The van der Waals surface area contributed by atoms with Crippen molar-refractivity contribution in [2.24, 2.45) is 0 Å². The van der Waals surface area contributed by atoms with Crippen LogP contribution in [0.5, 0.6) is 0 Å². The van der Waals surface area contributed by atoms with E-state index in [1.165, 1.54) is 18.4 Å². The molecule has 7 nitrogen and oxygen atoms in total. The van der Waals surface area contributed by atoms with Crippen molar-refractivity contribution in [1.29, 1.82) is 0 Å². The zero-order valence-corrected chi connectivity index (χ0v) is 16.6. The SMILES string of the molecule is COC(=O)c1sc2ncnc(N3CCC[C@](O)(CN(C)C)CC3)c2c1C. The first-order chi connectivity index (χ1) is 12.3. The Morgan fingerprint density at radius 1 is 1.38 bits per heavy atom. The molecule has 0 aliphatic carbocycles. The number of aryl methyl sites for hydroxylation is 1. The third-order valence-electron chi connectivity index (χ3n) is 4.90. The van der Waals surface area contributed by atoms with Gasteiger partial charge >= 0.3 is 5.97 Å². The number of nitrogens with zero attached hydrogens (tertiary/aromatic N) is 4. The Balaban J connectivity index is 1.93. The second-order valence-electron chi connectivity index (χ2n) is 7.23. The summed E-state index contributed by atoms with van der Waals surface area (Å²) in [6.07, 6.45) is 3.89. The summed E-state index contributed by atoms with van der Waals surface area (Å²) in [5.41, 5.74) is 0.186. The number of methoxy groups -OCH3 is 1. The number of aromatic nitrogens is 2. The molecule has 0 radical (unpaired) electrons. The molecule has 0 aromatic carbocycles. The van der Waals surface area contributed by atoms with Crippen LogP contribution in [0.25, 0.3) is 10.2 Å². The summed E-state index contributed by atoms with van der Waals surface area (Å²) < 4.78 is 4.89. The number of ether oxygens (including phenoxy) is 1. The van der Waals surface area contributed by atoms with Gasteiger partial charge in [-0.1, -0.05) is 0 Å². The van der Waals surface area contributed by atoms with Gasteiger partial charge in [-0.15, -0.1) is 11.3 Å². The van der Waals surface area contributed by atoms with E-state index in [1.807, 2.05) is 25.9 Å². The number of hydrogen-bond donors (Lipinski definition) is 1. The molecule has 2 aromatic rings. The smallest absolute Gasteiger partial charge is 0.348 e. The Bertz CT molecular complexity index is 807. The molecular formula is C18H26N4O3S. The second-order valence-corrected chi connectivity index (χ2v) is 8.23. The Morgan fingerprint density at radius 2 is 2.15 bits per heavy atom. The van der Waals surface area contributed by atoms with E-state index in [4.69, 9.17) is 4.74 Å². The van der Waals surface area contributed by atoms with E-state index in [9.17, 15) is 9.90 Å². The lowest BCUT2D eigenvalue weighted by Crippen LogP contribution is -2.41. The molecule has 0 spiro atoms. The third kappa shape index (κ3) is 3.67. The summed E-state index contributed by atoms with van der Waals surface area (Å²) in [6, 6.07) is 0. The van der Waals surface area contributed by atoms with Gasteiger partial charge < -0.3 is 19.6 Å². The van der Waals surface area contributed by atoms with Gasteiger partial charge in [0.25, 0.3) is 0 Å². The number of rotatable bonds is 4. The van der Waals surface area contributed by atoms with E-state index in [0.717, 1.165) is 47.5 Å². The van der Waals surface area contributed by atoms with Crippen LogP contribution in [0.15, 0.2) is 6.33 Å². The summed E-state index contributed by atoms with van der Waals surface area (Å²) in [4.78, 5) is 26.5. The Kier molecular flexibility index (Phi) is 5.45. The van der Waals surface area contributed by atoms with Crippen molar-refractivity contribution in [3.63, 3.8) is 0 Å². The summed E-state index contributed by atoms with van der Waals surface area (Å²) in [5, 5.41) is 11.8. The zero-order chi connectivity index (χ0) is 18.9. The predicted octanol–water partition coefficient (Wildman–Crippen LogP) is 2.07. The minimum Gasteiger partial charge on any atom is -0.465 e. The first-order valence-corrected chi connectivity index (χ1v) is 9.61. The lowest BCUT2D eigenvalue weighted by molar-refractivity contribution is 0.00537. The van der Waals surface area contributed by atoms with E-state index >= 15 is 0 Å². The van der Waals surface area contributed by atoms with Gasteiger partial charge in [-0.2, -0.15) is 0 Å². The molecule has 3 rings (SSSR count). The van der Waals surface area contributed by atoms with Gasteiger partial charge in [0, 0.05) is 19.6 Å². The average Bonchev–Trinajstić information content (AvgIpc) is 2.81. The molecule has 1 aliphatic heterocycles. The van der Waals surface area contributed by atoms with Crippen molar-refractivity contribution < 1.29 is 14.6 Å². The highest BCUT2D eigenvalue weighted by Gasteiger charge is 2.32. The van der Waals surface area contributed by atoms with Crippen LogP contribution in [0.2, 0.25) is 0 Å². The highest BCUT2D eigenvalue weighted by atomic mass is 32.1. The second kappa shape index (κ2) is 7.46. The molecule has 1 fully saturated rings. The van der Waals surface area contributed by atoms with E-state index in [1.54, 1.807) is 6.33 Å². The first kappa shape index (κ1) is 19.0. The maximum atomic E-state index is 12.0. The van der Waals surface area contributed by atoms with Crippen molar-refractivity contribution in [3.8, 4) is 0 Å². The van der Waals surface area contributed by atoms with Crippen molar-refractivity contribution in [3.05, 3.63) is 16.8 Å². The number of likely N-dealkylation sites (N-methyl/N-ethyl adjacent to an activating group) is 1. The number of carbonyl (C=O) groups excluding carboxylic acids is 1. The van der Waals surface area contributed by atoms with Crippen LogP contribution in [-0.4, -0.2) is 72.4 Å². The lowest BCUT2D eigenvalue weighted by Gasteiger charge is -2.30. The number of hydrogen-bond acceptors (Lipinski definition) is 8. The molecule has 0 amide bonds. The molecule has 1 aliphatic rings. The minimum atomic E-state index is -0.675. The minimum absolute atomic E-state index is 0.340. The largest absolute Gasteiger partial charge is 0.465 e. The molecule has 142 valence electrons. The normalized spacial score (nSPS) is 21.2. The van der Waals surface area contributed by atoms with Crippen LogP contribution in [0.1, 0.15) is 34.5 Å². The molecule has 1 atom stereocenters. The highest BCUT2D eigenvalue weighted by molar-refractivity contribution is 7.20. The Morgan fingerprint density at radius 3 is 2.85 bits per heavy atom. The molecule has 0 unspecified atom stereocenters. The topological polar surface area (TPSA) is 78.8 Å². The fraction of sp³-hybridized carbons (Fsp3) is 0.611. The molecule has 8 heteroatoms. The van der Waals surface area contributed by atoms with Crippen molar-refractivity contribution in [1.82, 2.24) is 14.9 Å². The fourth-order valence-electron chi connectivity index (χ4n) is 3.72. The molecule has 1 N–H and O–H groups in total. The van der Waals surface area contributed by atoms with Crippen LogP contribution in [0.4, 0.5) is 5.82 Å². The summed E-state index contributed by atoms with van der Waals surface area (Å²) in [5.74, 6) is 0.501. The van der Waals surface area contributed by atoms with Gasteiger partial charge in [0.2, 0.25) is 0 Å². The van der Waals surface area contributed by atoms with Gasteiger partial charge in [-0.25, -0.2) is 14.8 Å². The lowest BCUT2D eigenvalue weighted by atomic mass is 9.94. The van der Waals surface area contributed by atoms with Crippen LogP contribution >= 0.6 is 11.3 Å². The molecule has 0 bridgehead atoms. The van der Waals surface area contributed by atoms with Crippen molar-refractivity contribution in [2.45, 2.75) is 31.8 Å². The number of thiophene rings is 1. The van der Waals surface area contributed by atoms with Gasteiger partial charge in [0.1, 0.15) is 21.9 Å². The third-order valence-corrected chi connectivity index (χ3v) is 6.08. The summed E-state index contributed by atoms with van der Waals surface area (Å²) in [7, 11) is 5.36. The quantitative estimate of drug-likeness (QED) is 0.816. The van der Waals surface area contributed by atoms with Gasteiger partial charge in [0.15, 0.2) is 0 Å². The van der Waals surface area contributed by atoms with E-state index < -0.39 is 5.60 Å². The predicted molar refractivity (Wildman–Crippen MR) is 103 cm³/mol. The van der Waals surface area contributed by atoms with Crippen LogP contribution in [-0.2, 0) is 4.74 Å². The number of aliphatic hydroxyl groups is 1. The molecule has 26 heavy (non-hydrogen) atoms. The van der Waals surface area contributed by atoms with Crippen LogP contribution in [0, 0.1) is 6.92 Å². The van der Waals surface area contributed by atoms with E-state index in [-0.39, 0.29) is 5.97 Å². The van der Waals surface area contributed by atoms with E-state index in [0.29, 0.717) is 17.8 Å². The Labute approximate surface area is 157 Å². The monoisotopic (exact) mass is 378 g/mol.